The van der Waals surface area contributed by atoms with Crippen molar-refractivity contribution in [2.45, 2.75) is 50.7 Å². The molecule has 0 radical (unpaired) electrons. The molecule has 0 spiro atoms. The zero-order chi connectivity index (χ0) is 17.4. The highest BCUT2D eigenvalue weighted by Crippen LogP contribution is 2.40. The molecule has 0 amide bonds. The van der Waals surface area contributed by atoms with Crippen molar-refractivity contribution in [2.75, 3.05) is 0 Å². The summed E-state index contributed by atoms with van der Waals surface area (Å²) in [5.74, 6) is 0.283. The first-order valence-electron chi connectivity index (χ1n) is 8.80. The molecular weight excluding hydrogens is 340 g/mol. The summed E-state index contributed by atoms with van der Waals surface area (Å²) >= 11 is 6.03. The second-order valence-corrected chi connectivity index (χ2v) is 7.46. The average Bonchev–Trinajstić information content (AvgIpc) is 3.21. The maximum atomic E-state index is 11.7. The number of aromatic nitrogens is 1. The Morgan fingerprint density at radius 2 is 2.20 bits per heavy atom. The number of nitrogens with zero attached hydrogens (tertiary/aromatic N) is 2. The van der Waals surface area contributed by atoms with Gasteiger partial charge in [-0.25, -0.2) is 4.98 Å². The van der Waals surface area contributed by atoms with Crippen molar-refractivity contribution < 1.29 is 14.3 Å². The molecule has 3 atom stereocenters. The van der Waals surface area contributed by atoms with Crippen LogP contribution in [0.5, 0.6) is 0 Å². The summed E-state index contributed by atoms with van der Waals surface area (Å²) < 4.78 is 5.60. The van der Waals surface area contributed by atoms with E-state index in [1.165, 1.54) is 12.8 Å². The Labute approximate surface area is 151 Å². The number of carboxylic acid groups (broad SMARTS) is 1. The highest BCUT2D eigenvalue weighted by Gasteiger charge is 2.45. The van der Waals surface area contributed by atoms with Crippen molar-refractivity contribution in [1.82, 2.24) is 9.88 Å². The lowest BCUT2D eigenvalue weighted by atomic mass is 9.85. The van der Waals surface area contributed by atoms with E-state index in [-0.39, 0.29) is 0 Å². The number of carboxylic acids is 1. The number of aliphatic carboxylic acids is 1. The van der Waals surface area contributed by atoms with Gasteiger partial charge in [0, 0.05) is 23.2 Å². The van der Waals surface area contributed by atoms with Crippen LogP contribution in [0.2, 0.25) is 5.02 Å². The lowest BCUT2D eigenvalue weighted by Crippen LogP contribution is -2.41. The maximum absolute atomic E-state index is 11.7. The zero-order valence-electron chi connectivity index (χ0n) is 13.9. The van der Waals surface area contributed by atoms with Crippen LogP contribution in [-0.2, 0) is 11.3 Å². The SMILES string of the molecule is O=C(O)[C@@H]1C[C@H]2CCCC[C@@H]2N1Cc1coc(-c2cccc(Cl)c2)n1. The smallest absolute Gasteiger partial charge is 0.320 e. The van der Waals surface area contributed by atoms with Crippen LogP contribution in [0.1, 0.15) is 37.8 Å². The van der Waals surface area contributed by atoms with Crippen LogP contribution in [0.4, 0.5) is 0 Å². The molecule has 2 heterocycles. The van der Waals surface area contributed by atoms with Gasteiger partial charge in [-0.3, -0.25) is 9.69 Å². The molecule has 1 aromatic heterocycles. The van der Waals surface area contributed by atoms with E-state index in [0.717, 1.165) is 30.5 Å². The minimum atomic E-state index is -0.729. The molecule has 2 aromatic rings. The third-order valence-electron chi connectivity index (χ3n) is 5.47. The first-order valence-corrected chi connectivity index (χ1v) is 9.18. The standard InChI is InChI=1S/C19H21ClN2O3/c20-14-6-3-5-13(8-14)18-21-15(11-25-18)10-22-16-7-2-1-4-12(16)9-17(22)19(23)24/h3,5-6,8,11-12,16-17H,1-2,4,7,9-10H2,(H,23,24)/t12-,16+,17+/m1/s1. The maximum Gasteiger partial charge on any atom is 0.320 e. The first-order chi connectivity index (χ1) is 12.1. The molecule has 6 heteroatoms. The fourth-order valence-electron chi connectivity index (χ4n) is 4.34. The van der Waals surface area contributed by atoms with Gasteiger partial charge in [0.1, 0.15) is 12.3 Å². The molecule has 0 bridgehead atoms. The van der Waals surface area contributed by atoms with Crippen LogP contribution in [0.3, 0.4) is 0 Å². The van der Waals surface area contributed by atoms with Gasteiger partial charge in [-0.05, 0) is 43.4 Å². The summed E-state index contributed by atoms with van der Waals surface area (Å²) in [6.45, 7) is 0.516. The average molecular weight is 361 g/mol. The molecule has 1 aliphatic heterocycles. The Morgan fingerprint density at radius 3 is 3.00 bits per heavy atom. The lowest BCUT2D eigenvalue weighted by Gasteiger charge is -2.32. The third-order valence-corrected chi connectivity index (χ3v) is 5.71. The van der Waals surface area contributed by atoms with Crippen LogP contribution in [0, 0.1) is 5.92 Å². The normalized spacial score (nSPS) is 26.5. The quantitative estimate of drug-likeness (QED) is 0.884. The number of halogens is 1. The van der Waals surface area contributed by atoms with Crippen LogP contribution in [0.15, 0.2) is 34.9 Å². The Hall–Kier alpha value is -1.85. The summed E-state index contributed by atoms with van der Waals surface area (Å²) in [6.07, 6.45) is 6.98. The molecule has 4 rings (SSSR count). The fourth-order valence-corrected chi connectivity index (χ4v) is 4.53. The molecule has 132 valence electrons. The number of carbonyl (C=O) groups is 1. The summed E-state index contributed by atoms with van der Waals surface area (Å²) in [7, 11) is 0. The molecule has 1 aliphatic carbocycles. The Bertz CT molecular complexity index is 776. The monoisotopic (exact) mass is 360 g/mol. The van der Waals surface area contributed by atoms with E-state index in [9.17, 15) is 9.90 Å². The Kier molecular flexibility index (Phi) is 4.52. The summed E-state index contributed by atoms with van der Waals surface area (Å²) in [6, 6.07) is 7.30. The molecule has 1 aromatic carbocycles. The summed E-state index contributed by atoms with van der Waals surface area (Å²) in [4.78, 5) is 18.4. The number of fused-ring (bicyclic) bond motifs is 1. The number of benzene rings is 1. The van der Waals surface area contributed by atoms with Crippen molar-refractivity contribution >= 4 is 17.6 Å². The van der Waals surface area contributed by atoms with Gasteiger partial charge < -0.3 is 9.52 Å². The van der Waals surface area contributed by atoms with Gasteiger partial charge in [0.2, 0.25) is 5.89 Å². The summed E-state index contributed by atoms with van der Waals surface area (Å²) in [5.41, 5.74) is 1.60. The third kappa shape index (κ3) is 3.31. The molecule has 25 heavy (non-hydrogen) atoms. The fraction of sp³-hybridized carbons (Fsp3) is 0.474. The lowest BCUT2D eigenvalue weighted by molar-refractivity contribution is -0.142. The zero-order valence-corrected chi connectivity index (χ0v) is 14.7. The Morgan fingerprint density at radius 1 is 1.36 bits per heavy atom. The van der Waals surface area contributed by atoms with E-state index in [4.69, 9.17) is 16.0 Å². The van der Waals surface area contributed by atoms with Gasteiger partial charge in [-0.15, -0.1) is 0 Å². The molecule has 5 nitrogen and oxygen atoms in total. The predicted octanol–water partition coefficient (Wildman–Crippen LogP) is 4.21. The van der Waals surface area contributed by atoms with Crippen LogP contribution < -0.4 is 0 Å². The van der Waals surface area contributed by atoms with Crippen molar-refractivity contribution in [3.63, 3.8) is 0 Å². The Balaban J connectivity index is 1.55. The van der Waals surface area contributed by atoms with Crippen LogP contribution in [0.25, 0.3) is 11.5 Å². The van der Waals surface area contributed by atoms with Crippen LogP contribution >= 0.6 is 11.6 Å². The van der Waals surface area contributed by atoms with Gasteiger partial charge in [0.15, 0.2) is 0 Å². The minimum absolute atomic E-state index is 0.348. The second-order valence-electron chi connectivity index (χ2n) is 7.03. The highest BCUT2D eigenvalue weighted by atomic mass is 35.5. The first kappa shape index (κ1) is 16.6. The molecule has 1 saturated heterocycles. The van der Waals surface area contributed by atoms with Crippen molar-refractivity contribution in [3.8, 4) is 11.5 Å². The molecular formula is C19H21ClN2O3. The van der Waals surface area contributed by atoms with Gasteiger partial charge in [-0.1, -0.05) is 30.5 Å². The van der Waals surface area contributed by atoms with E-state index < -0.39 is 12.0 Å². The van der Waals surface area contributed by atoms with Gasteiger partial charge in [0.05, 0.1) is 5.69 Å². The predicted molar refractivity (Wildman–Crippen MR) is 94.3 cm³/mol. The molecule has 2 fully saturated rings. The molecule has 2 aliphatic rings. The molecule has 1 saturated carbocycles. The number of oxazole rings is 1. The van der Waals surface area contributed by atoms with Gasteiger partial charge in [0.25, 0.3) is 0 Å². The minimum Gasteiger partial charge on any atom is -0.480 e. The number of rotatable bonds is 4. The second kappa shape index (κ2) is 6.81. The van der Waals surface area contributed by atoms with E-state index in [2.05, 4.69) is 9.88 Å². The number of hydrogen-bond acceptors (Lipinski definition) is 4. The molecule has 0 unspecified atom stereocenters. The van der Waals surface area contributed by atoms with Crippen molar-refractivity contribution in [2.24, 2.45) is 5.92 Å². The van der Waals surface area contributed by atoms with Gasteiger partial charge in [-0.2, -0.15) is 0 Å². The van der Waals surface area contributed by atoms with E-state index in [0.29, 0.717) is 29.4 Å². The highest BCUT2D eigenvalue weighted by molar-refractivity contribution is 6.30. The van der Waals surface area contributed by atoms with Crippen LogP contribution in [-0.4, -0.2) is 33.0 Å². The van der Waals surface area contributed by atoms with E-state index in [1.54, 1.807) is 12.3 Å². The number of likely N-dealkylation sites (tertiary alicyclic amines) is 1. The largest absolute Gasteiger partial charge is 0.480 e. The summed E-state index contributed by atoms with van der Waals surface area (Å²) in [5, 5.41) is 10.3. The van der Waals surface area contributed by atoms with Crippen molar-refractivity contribution in [3.05, 3.63) is 41.2 Å². The van der Waals surface area contributed by atoms with E-state index in [1.807, 2.05) is 18.2 Å². The van der Waals surface area contributed by atoms with E-state index >= 15 is 0 Å². The number of hydrogen-bond donors (Lipinski definition) is 1. The topological polar surface area (TPSA) is 66.6 Å². The van der Waals surface area contributed by atoms with Gasteiger partial charge >= 0.3 is 5.97 Å². The van der Waals surface area contributed by atoms with Crippen molar-refractivity contribution in [1.29, 1.82) is 0 Å². The molecule has 1 N–H and O–H groups in total.